The van der Waals surface area contributed by atoms with E-state index in [4.69, 9.17) is 8.85 Å². The Balaban J connectivity index is 1.33. The Kier molecular flexibility index (Phi) is 4.17. The molecule has 0 spiro atoms. The SMILES string of the molecule is [2H]C([2H])([2H])[n+]1[c-]n(-c2cccc(Oc3cccc(-n4[c-][n+](-c5ccccc5)c5ccccc54)c3)c2)cc1. The number of nitrogens with zero attached hydrogens (tertiary/aromatic N) is 4. The van der Waals surface area contributed by atoms with Crippen LogP contribution in [0, 0.1) is 12.7 Å². The summed E-state index contributed by atoms with van der Waals surface area (Å²) in [6, 6.07) is 33.6. The highest BCUT2D eigenvalue weighted by Gasteiger charge is 2.12. The van der Waals surface area contributed by atoms with Gasteiger partial charge in [0.1, 0.15) is 11.5 Å². The average Bonchev–Trinajstić information content (AvgIpc) is 3.56. The minimum Gasteiger partial charge on any atom is -0.459 e. The highest BCUT2D eigenvalue weighted by molar-refractivity contribution is 5.74. The summed E-state index contributed by atoms with van der Waals surface area (Å²) in [5.74, 6) is 1.29. The summed E-state index contributed by atoms with van der Waals surface area (Å²) in [5.41, 5.74) is 4.76. The van der Waals surface area contributed by atoms with Gasteiger partial charge in [0.2, 0.25) is 6.33 Å². The predicted octanol–water partition coefficient (Wildman–Crippen LogP) is 4.92. The van der Waals surface area contributed by atoms with Gasteiger partial charge >= 0.3 is 0 Å². The minimum atomic E-state index is -2.28. The van der Waals surface area contributed by atoms with Gasteiger partial charge in [-0.2, -0.15) is 0 Å². The molecule has 0 saturated heterocycles. The first-order valence-corrected chi connectivity index (χ1v) is 10.9. The van der Waals surface area contributed by atoms with Crippen molar-refractivity contribution in [3.8, 4) is 28.6 Å². The van der Waals surface area contributed by atoms with E-state index in [9.17, 15) is 0 Å². The van der Waals surface area contributed by atoms with Gasteiger partial charge in [0.25, 0.3) is 6.33 Å². The van der Waals surface area contributed by atoms with E-state index >= 15 is 0 Å². The second-order valence-electron chi connectivity index (χ2n) is 7.83. The standard InChI is InChI=1S/C29H22N4O/c1-30-17-18-31(21-30)24-11-7-13-26(19-24)34-27-14-8-12-25(20-27)33-22-32(23-9-3-2-4-10-23)28-15-5-6-16-29(28)33/h2-20H,1H3/i1D3. The van der Waals surface area contributed by atoms with Gasteiger partial charge in [-0.1, -0.05) is 60.7 Å². The molecule has 0 amide bonds. The van der Waals surface area contributed by atoms with E-state index in [2.05, 4.69) is 36.9 Å². The lowest BCUT2D eigenvalue weighted by atomic mass is 10.2. The largest absolute Gasteiger partial charge is 0.459 e. The van der Waals surface area contributed by atoms with Gasteiger partial charge in [0.05, 0.1) is 39.2 Å². The molecular formula is C29H22N4O. The van der Waals surface area contributed by atoms with Gasteiger partial charge in [-0.3, -0.25) is 9.13 Å². The first-order chi connectivity index (χ1) is 18.0. The molecule has 2 aromatic heterocycles. The summed E-state index contributed by atoms with van der Waals surface area (Å²) in [6.07, 6.45) is 9.44. The van der Waals surface area contributed by atoms with Crippen molar-refractivity contribution in [2.45, 2.75) is 0 Å². The summed E-state index contributed by atoms with van der Waals surface area (Å²) in [6.45, 7) is -2.28. The molecule has 5 nitrogen and oxygen atoms in total. The zero-order chi connectivity index (χ0) is 25.4. The van der Waals surface area contributed by atoms with Crippen LogP contribution in [0.4, 0.5) is 0 Å². The molecule has 5 heteroatoms. The van der Waals surface area contributed by atoms with Crippen molar-refractivity contribution in [1.82, 2.24) is 9.13 Å². The molecule has 0 aliphatic heterocycles. The third kappa shape index (κ3) is 3.73. The lowest BCUT2D eigenvalue weighted by Crippen LogP contribution is -2.29. The van der Waals surface area contributed by atoms with Crippen LogP contribution in [0.2, 0.25) is 0 Å². The Morgan fingerprint density at radius 2 is 1.50 bits per heavy atom. The summed E-state index contributed by atoms with van der Waals surface area (Å²) < 4.78 is 35.6. The molecule has 6 rings (SSSR count). The van der Waals surface area contributed by atoms with Gasteiger partial charge < -0.3 is 13.9 Å². The molecule has 0 saturated carbocycles. The van der Waals surface area contributed by atoms with E-state index < -0.39 is 6.98 Å². The lowest BCUT2D eigenvalue weighted by molar-refractivity contribution is -0.674. The fourth-order valence-corrected chi connectivity index (χ4v) is 4.00. The monoisotopic (exact) mass is 445 g/mol. The van der Waals surface area contributed by atoms with E-state index in [1.807, 2.05) is 88.0 Å². The maximum atomic E-state index is 7.55. The first-order valence-electron chi connectivity index (χ1n) is 12.4. The molecule has 0 unspecified atom stereocenters. The van der Waals surface area contributed by atoms with Gasteiger partial charge in [-0.25, -0.2) is 0 Å². The molecule has 164 valence electrons. The maximum absolute atomic E-state index is 7.55. The third-order valence-electron chi connectivity index (χ3n) is 5.57. The molecule has 0 fully saturated rings. The Hall–Kier alpha value is -4.64. The maximum Gasteiger partial charge on any atom is 0.269 e. The molecule has 0 aliphatic carbocycles. The van der Waals surface area contributed by atoms with E-state index in [-0.39, 0.29) is 0 Å². The molecule has 0 atom stereocenters. The Bertz CT molecular complexity index is 1700. The number of benzene rings is 4. The van der Waals surface area contributed by atoms with Crippen molar-refractivity contribution in [1.29, 1.82) is 0 Å². The van der Waals surface area contributed by atoms with Crippen LogP contribution in [-0.4, -0.2) is 9.13 Å². The number of rotatable bonds is 5. The number of aromatic nitrogens is 4. The number of hydrogen-bond donors (Lipinski definition) is 0. The Morgan fingerprint density at radius 3 is 2.29 bits per heavy atom. The molecule has 0 bridgehead atoms. The van der Waals surface area contributed by atoms with Crippen LogP contribution in [0.25, 0.3) is 28.1 Å². The van der Waals surface area contributed by atoms with Crippen molar-refractivity contribution >= 4 is 11.0 Å². The molecule has 4 aromatic carbocycles. The highest BCUT2D eigenvalue weighted by atomic mass is 16.5. The van der Waals surface area contributed by atoms with Gasteiger partial charge in [0.15, 0.2) is 0 Å². The summed E-state index contributed by atoms with van der Waals surface area (Å²) in [5, 5.41) is 0. The number of imidazole rings is 2. The molecule has 0 radical (unpaired) electrons. The van der Waals surface area contributed by atoms with Crippen LogP contribution >= 0.6 is 0 Å². The van der Waals surface area contributed by atoms with Gasteiger partial charge in [-0.15, -0.1) is 0 Å². The van der Waals surface area contributed by atoms with Crippen molar-refractivity contribution in [2.24, 2.45) is 6.98 Å². The number of aryl methyl sites for hydroxylation is 1. The second kappa shape index (κ2) is 8.37. The normalized spacial score (nSPS) is 12.8. The van der Waals surface area contributed by atoms with E-state index in [0.29, 0.717) is 11.5 Å². The zero-order valence-electron chi connectivity index (χ0n) is 21.2. The van der Waals surface area contributed by atoms with Crippen LogP contribution in [0.5, 0.6) is 11.5 Å². The minimum absolute atomic E-state index is 0.623. The van der Waals surface area contributed by atoms with Crippen molar-refractivity contribution in [3.63, 3.8) is 0 Å². The molecule has 6 aromatic rings. The number of fused-ring (bicyclic) bond motifs is 1. The number of ether oxygens (including phenoxy) is 1. The van der Waals surface area contributed by atoms with Crippen LogP contribution in [0.15, 0.2) is 116 Å². The second-order valence-corrected chi connectivity index (χ2v) is 7.83. The number of para-hydroxylation sites is 3. The lowest BCUT2D eigenvalue weighted by Gasteiger charge is -2.10. The Morgan fingerprint density at radius 1 is 0.765 bits per heavy atom. The Labute approximate surface area is 202 Å². The quantitative estimate of drug-likeness (QED) is 0.273. The average molecular weight is 446 g/mol. The van der Waals surface area contributed by atoms with E-state index in [1.54, 1.807) is 10.8 Å². The molecular weight excluding hydrogens is 420 g/mol. The first kappa shape index (κ1) is 16.9. The van der Waals surface area contributed by atoms with E-state index in [0.717, 1.165) is 32.7 Å². The topological polar surface area (TPSA) is 26.8 Å². The van der Waals surface area contributed by atoms with Crippen molar-refractivity contribution in [3.05, 3.63) is 128 Å². The van der Waals surface area contributed by atoms with Crippen LogP contribution in [-0.2, 0) is 6.98 Å². The van der Waals surface area contributed by atoms with Gasteiger partial charge in [-0.05, 0) is 42.5 Å². The van der Waals surface area contributed by atoms with Crippen molar-refractivity contribution in [2.75, 3.05) is 0 Å². The van der Waals surface area contributed by atoms with Crippen molar-refractivity contribution < 1.29 is 18.0 Å². The summed E-state index contributed by atoms with van der Waals surface area (Å²) >= 11 is 0. The third-order valence-corrected chi connectivity index (χ3v) is 5.57. The molecule has 2 heterocycles. The predicted molar refractivity (Wildman–Crippen MR) is 129 cm³/mol. The van der Waals surface area contributed by atoms with E-state index in [1.165, 1.54) is 6.20 Å². The number of hydrogen-bond acceptors (Lipinski definition) is 1. The fourth-order valence-electron chi connectivity index (χ4n) is 4.00. The molecule has 34 heavy (non-hydrogen) atoms. The molecule has 0 aliphatic rings. The summed E-state index contributed by atoms with van der Waals surface area (Å²) in [7, 11) is 0. The molecule has 0 N–H and O–H groups in total. The highest BCUT2D eigenvalue weighted by Crippen LogP contribution is 2.27. The van der Waals surface area contributed by atoms with Crippen LogP contribution < -0.4 is 13.9 Å². The smallest absolute Gasteiger partial charge is 0.269 e. The van der Waals surface area contributed by atoms with Crippen LogP contribution in [0.1, 0.15) is 4.11 Å². The van der Waals surface area contributed by atoms with Crippen LogP contribution in [0.3, 0.4) is 0 Å². The summed E-state index contributed by atoms with van der Waals surface area (Å²) in [4.78, 5) is 0. The van der Waals surface area contributed by atoms with Gasteiger partial charge in [0, 0.05) is 12.4 Å². The fraction of sp³-hybridized carbons (Fsp3) is 0.0345. The zero-order valence-corrected chi connectivity index (χ0v) is 18.2.